The quantitative estimate of drug-likeness (QED) is 0.755. The van der Waals surface area contributed by atoms with Crippen LogP contribution in [0.15, 0.2) is 24.3 Å². The highest BCUT2D eigenvalue weighted by Gasteiger charge is 2.18. The molecule has 1 aliphatic rings. The second-order valence-corrected chi connectivity index (χ2v) is 3.79. The summed E-state index contributed by atoms with van der Waals surface area (Å²) in [4.78, 5) is 11.1. The van der Waals surface area contributed by atoms with Crippen LogP contribution in [0.25, 0.3) is 0 Å². The predicted molar refractivity (Wildman–Crippen MR) is 57.5 cm³/mol. The molecule has 1 aromatic rings. The highest BCUT2D eigenvalue weighted by molar-refractivity contribution is 5.77. The fourth-order valence-electron chi connectivity index (χ4n) is 1.85. The third-order valence-corrected chi connectivity index (χ3v) is 2.68. The molecule has 1 aromatic carbocycles. The van der Waals surface area contributed by atoms with Crippen molar-refractivity contribution in [2.75, 3.05) is 13.2 Å². The van der Waals surface area contributed by atoms with Gasteiger partial charge in [-0.25, -0.2) is 0 Å². The van der Waals surface area contributed by atoms with Gasteiger partial charge in [0.2, 0.25) is 5.91 Å². The van der Waals surface area contributed by atoms with Gasteiger partial charge in [0, 0.05) is 6.54 Å². The number of carbonyl (C=O) groups is 1. The molecule has 2 rings (SSSR count). The molecule has 0 bridgehead atoms. The summed E-state index contributed by atoms with van der Waals surface area (Å²) < 4.78 is 5.57. The first-order chi connectivity index (χ1) is 7.27. The van der Waals surface area contributed by atoms with E-state index in [0.717, 1.165) is 6.42 Å². The molecule has 3 heteroatoms. The van der Waals surface area contributed by atoms with Crippen LogP contribution in [-0.2, 0) is 9.53 Å². The van der Waals surface area contributed by atoms with Crippen molar-refractivity contribution in [3.8, 4) is 0 Å². The van der Waals surface area contributed by atoms with E-state index in [9.17, 15) is 4.79 Å². The minimum absolute atomic E-state index is 0.0221. The summed E-state index contributed by atoms with van der Waals surface area (Å²) in [7, 11) is 0. The van der Waals surface area contributed by atoms with E-state index in [0.29, 0.717) is 6.54 Å². The lowest BCUT2D eigenvalue weighted by molar-refractivity contribution is -0.125. The van der Waals surface area contributed by atoms with Crippen LogP contribution in [-0.4, -0.2) is 19.1 Å². The number of hydrogen-bond donors (Lipinski definition) is 1. The number of rotatable bonds is 1. The highest BCUT2D eigenvalue weighted by atomic mass is 16.5. The maximum Gasteiger partial charge on any atom is 0.246 e. The van der Waals surface area contributed by atoms with Crippen molar-refractivity contribution in [3.05, 3.63) is 35.4 Å². The Morgan fingerprint density at radius 3 is 3.00 bits per heavy atom. The van der Waals surface area contributed by atoms with Gasteiger partial charge >= 0.3 is 0 Å². The van der Waals surface area contributed by atoms with Crippen LogP contribution in [0, 0.1) is 6.92 Å². The van der Waals surface area contributed by atoms with Crippen molar-refractivity contribution in [1.29, 1.82) is 0 Å². The largest absolute Gasteiger partial charge is 0.364 e. The minimum atomic E-state index is -0.0221. The Morgan fingerprint density at radius 1 is 1.40 bits per heavy atom. The maximum atomic E-state index is 11.1. The topological polar surface area (TPSA) is 38.3 Å². The van der Waals surface area contributed by atoms with Gasteiger partial charge in [0.15, 0.2) is 0 Å². The highest BCUT2D eigenvalue weighted by Crippen LogP contribution is 2.24. The Morgan fingerprint density at radius 2 is 2.20 bits per heavy atom. The zero-order chi connectivity index (χ0) is 10.7. The Hall–Kier alpha value is -1.35. The van der Waals surface area contributed by atoms with Gasteiger partial charge in [0.1, 0.15) is 6.61 Å². The minimum Gasteiger partial charge on any atom is -0.364 e. The van der Waals surface area contributed by atoms with E-state index in [-0.39, 0.29) is 18.6 Å². The fourth-order valence-corrected chi connectivity index (χ4v) is 1.85. The molecule has 1 heterocycles. The lowest BCUT2D eigenvalue weighted by Crippen LogP contribution is -2.24. The summed E-state index contributed by atoms with van der Waals surface area (Å²) in [6.07, 6.45) is 0.890. The average molecular weight is 205 g/mol. The number of nitrogens with one attached hydrogen (secondary N) is 1. The van der Waals surface area contributed by atoms with E-state index < -0.39 is 0 Å². The Labute approximate surface area is 89.4 Å². The monoisotopic (exact) mass is 205 g/mol. The van der Waals surface area contributed by atoms with Gasteiger partial charge in [-0.05, 0) is 24.5 Å². The summed E-state index contributed by atoms with van der Waals surface area (Å²) in [6, 6.07) is 8.15. The van der Waals surface area contributed by atoms with Crippen molar-refractivity contribution in [2.45, 2.75) is 19.4 Å². The first-order valence-corrected chi connectivity index (χ1v) is 5.21. The number of benzene rings is 1. The van der Waals surface area contributed by atoms with Crippen molar-refractivity contribution in [2.24, 2.45) is 0 Å². The van der Waals surface area contributed by atoms with Crippen LogP contribution >= 0.6 is 0 Å². The second-order valence-electron chi connectivity index (χ2n) is 3.79. The smallest absolute Gasteiger partial charge is 0.246 e. The molecule has 1 saturated heterocycles. The molecule has 1 atom stereocenters. The predicted octanol–water partition coefficient (Wildman–Crippen LogP) is 1.57. The van der Waals surface area contributed by atoms with Gasteiger partial charge in [-0.3, -0.25) is 4.79 Å². The molecular formula is C12H15NO2. The number of amides is 1. The average Bonchev–Trinajstić information content (AvgIpc) is 2.44. The van der Waals surface area contributed by atoms with Crippen LogP contribution in [0.5, 0.6) is 0 Å². The van der Waals surface area contributed by atoms with Crippen molar-refractivity contribution < 1.29 is 9.53 Å². The molecule has 1 fully saturated rings. The number of ether oxygens (including phenoxy) is 1. The maximum absolute atomic E-state index is 11.1. The Balaban J connectivity index is 2.16. The van der Waals surface area contributed by atoms with Gasteiger partial charge < -0.3 is 10.1 Å². The molecule has 1 N–H and O–H groups in total. The van der Waals surface area contributed by atoms with Crippen molar-refractivity contribution in [3.63, 3.8) is 0 Å². The summed E-state index contributed by atoms with van der Waals surface area (Å²) >= 11 is 0. The normalized spacial score (nSPS) is 21.9. The van der Waals surface area contributed by atoms with Gasteiger partial charge in [0.05, 0.1) is 6.10 Å². The molecule has 15 heavy (non-hydrogen) atoms. The molecular weight excluding hydrogens is 190 g/mol. The van der Waals surface area contributed by atoms with E-state index in [2.05, 4.69) is 24.4 Å². The molecule has 0 saturated carbocycles. The Bertz CT molecular complexity index is 362. The first kappa shape index (κ1) is 10.2. The third kappa shape index (κ3) is 2.36. The third-order valence-electron chi connectivity index (χ3n) is 2.68. The number of carbonyl (C=O) groups excluding carboxylic acids is 1. The van der Waals surface area contributed by atoms with E-state index in [1.165, 1.54) is 11.1 Å². The van der Waals surface area contributed by atoms with Crippen LogP contribution < -0.4 is 5.32 Å². The molecule has 0 aliphatic carbocycles. The standard InChI is InChI=1S/C12H15NO2/c1-9-4-2-3-5-10(9)11-6-7-13-12(14)8-15-11/h2-5,11H,6-8H2,1H3,(H,13,14). The van der Waals surface area contributed by atoms with E-state index in [4.69, 9.17) is 4.74 Å². The summed E-state index contributed by atoms with van der Waals surface area (Å²) in [5.74, 6) is -0.0221. The summed E-state index contributed by atoms with van der Waals surface area (Å²) in [5.41, 5.74) is 2.41. The van der Waals surface area contributed by atoms with E-state index in [1.807, 2.05) is 12.1 Å². The van der Waals surface area contributed by atoms with Gasteiger partial charge in [-0.2, -0.15) is 0 Å². The fraction of sp³-hybridized carbons (Fsp3) is 0.417. The van der Waals surface area contributed by atoms with Gasteiger partial charge in [-0.1, -0.05) is 24.3 Å². The molecule has 0 aromatic heterocycles. The van der Waals surface area contributed by atoms with Crippen LogP contribution in [0.3, 0.4) is 0 Å². The summed E-state index contributed by atoms with van der Waals surface area (Å²) in [5, 5.41) is 2.80. The molecule has 1 amide bonds. The number of aryl methyl sites for hydroxylation is 1. The zero-order valence-corrected chi connectivity index (χ0v) is 8.82. The van der Waals surface area contributed by atoms with Crippen LogP contribution in [0.2, 0.25) is 0 Å². The number of hydrogen-bond acceptors (Lipinski definition) is 2. The molecule has 0 radical (unpaired) electrons. The molecule has 1 aliphatic heterocycles. The lowest BCUT2D eigenvalue weighted by Gasteiger charge is -2.16. The van der Waals surface area contributed by atoms with Gasteiger partial charge in [-0.15, -0.1) is 0 Å². The summed E-state index contributed by atoms with van der Waals surface area (Å²) in [6.45, 7) is 2.93. The van der Waals surface area contributed by atoms with Crippen molar-refractivity contribution >= 4 is 5.91 Å². The van der Waals surface area contributed by atoms with E-state index >= 15 is 0 Å². The SMILES string of the molecule is Cc1ccccc1C1CCNC(=O)CO1. The van der Waals surface area contributed by atoms with E-state index in [1.54, 1.807) is 0 Å². The molecule has 0 spiro atoms. The second kappa shape index (κ2) is 4.45. The molecule has 80 valence electrons. The Kier molecular flexibility index (Phi) is 3.02. The first-order valence-electron chi connectivity index (χ1n) is 5.21. The van der Waals surface area contributed by atoms with Crippen molar-refractivity contribution in [1.82, 2.24) is 5.32 Å². The van der Waals surface area contributed by atoms with Crippen LogP contribution in [0.4, 0.5) is 0 Å². The zero-order valence-electron chi connectivity index (χ0n) is 8.82. The van der Waals surface area contributed by atoms with Gasteiger partial charge in [0.25, 0.3) is 0 Å². The lowest BCUT2D eigenvalue weighted by atomic mass is 10.0. The molecule has 3 nitrogen and oxygen atoms in total. The van der Waals surface area contributed by atoms with Crippen LogP contribution in [0.1, 0.15) is 23.7 Å². The molecule has 1 unspecified atom stereocenters.